The van der Waals surface area contributed by atoms with Gasteiger partial charge in [0.2, 0.25) is 0 Å². The number of hydrogen-bond donors (Lipinski definition) is 1. The van der Waals surface area contributed by atoms with Gasteiger partial charge in [-0.1, -0.05) is 12.1 Å². The Morgan fingerprint density at radius 1 is 1.27 bits per heavy atom. The van der Waals surface area contributed by atoms with Gasteiger partial charge in [-0.05, 0) is 38.5 Å². The van der Waals surface area contributed by atoms with E-state index in [2.05, 4.69) is 15.0 Å². The van der Waals surface area contributed by atoms with Crippen molar-refractivity contribution in [2.45, 2.75) is 63.1 Å². The minimum atomic E-state index is -3.97. The van der Waals surface area contributed by atoms with E-state index >= 15 is 0 Å². The van der Waals surface area contributed by atoms with E-state index in [1.807, 2.05) is 6.92 Å². The first-order chi connectivity index (χ1) is 17.6. The van der Waals surface area contributed by atoms with Gasteiger partial charge in [-0.3, -0.25) is 18.1 Å². The van der Waals surface area contributed by atoms with Crippen molar-refractivity contribution in [3.05, 3.63) is 48.3 Å². The Hall–Kier alpha value is -2.51. The molecule has 5 heterocycles. The Kier molecular flexibility index (Phi) is 5.88. The van der Waals surface area contributed by atoms with Crippen LogP contribution in [0.4, 0.5) is 10.2 Å². The first kappa shape index (κ1) is 24.8. The lowest BCUT2D eigenvalue weighted by atomic mass is 9.96. The number of phosphoric ester groups is 1. The lowest BCUT2D eigenvalue weighted by Crippen LogP contribution is -2.42. The fourth-order valence-corrected chi connectivity index (χ4v) is 6.62. The number of anilines is 1. The van der Waals surface area contributed by atoms with Gasteiger partial charge in [-0.15, -0.1) is 0 Å². The average molecular weight is 535 g/mol. The summed E-state index contributed by atoms with van der Waals surface area (Å²) in [5, 5.41) is 0. The third-order valence-corrected chi connectivity index (χ3v) is 8.19. The van der Waals surface area contributed by atoms with E-state index in [9.17, 15) is 8.96 Å². The standard InChI is InChI=1S/C23H27FN5O7P/c1-22(2)34-18-16(10-32-37(30)31-8-7-15(35-37)13-5-4-6-14(24)9-13)33-21(23(18,3)36-22)29-12-28-17-19(25)26-11-27-20(17)29/h4-6,9,11-12,15-16,18,21H,7-8,10H2,1-3H3,(H2,25,26,27)/t15?,16-,18-,21-,23-,37?/m1/s1. The van der Waals surface area contributed by atoms with Gasteiger partial charge < -0.3 is 19.9 Å². The molecule has 198 valence electrons. The molecule has 3 saturated heterocycles. The van der Waals surface area contributed by atoms with Crippen LogP contribution in [0.3, 0.4) is 0 Å². The summed E-state index contributed by atoms with van der Waals surface area (Å²) in [5.74, 6) is -1.09. The maximum absolute atomic E-state index is 13.7. The van der Waals surface area contributed by atoms with E-state index in [0.717, 1.165) is 0 Å². The third-order valence-electron chi connectivity index (χ3n) is 6.72. The van der Waals surface area contributed by atoms with Crippen molar-refractivity contribution in [1.29, 1.82) is 0 Å². The second-order valence-electron chi connectivity index (χ2n) is 9.85. The number of nitrogens with zero attached hydrogens (tertiary/aromatic N) is 4. The molecule has 37 heavy (non-hydrogen) atoms. The van der Waals surface area contributed by atoms with Gasteiger partial charge in [0.25, 0.3) is 0 Å². The highest BCUT2D eigenvalue weighted by atomic mass is 31.2. The molecule has 12 nitrogen and oxygen atoms in total. The van der Waals surface area contributed by atoms with Gasteiger partial charge in [0.15, 0.2) is 23.5 Å². The zero-order valence-corrected chi connectivity index (χ0v) is 21.3. The summed E-state index contributed by atoms with van der Waals surface area (Å²) in [7, 11) is -3.97. The molecule has 0 aliphatic carbocycles. The molecule has 3 aliphatic heterocycles. The van der Waals surface area contributed by atoms with Crippen molar-refractivity contribution >= 4 is 24.8 Å². The summed E-state index contributed by atoms with van der Waals surface area (Å²) in [6.45, 7) is 5.42. The molecule has 14 heteroatoms. The number of benzene rings is 1. The zero-order valence-electron chi connectivity index (χ0n) is 20.4. The molecule has 2 N–H and O–H groups in total. The number of nitrogens with two attached hydrogens (primary N) is 1. The number of hydrogen-bond acceptors (Lipinski definition) is 11. The lowest BCUT2D eigenvalue weighted by Gasteiger charge is -2.30. The normalized spacial score (nSPS) is 35.1. The van der Waals surface area contributed by atoms with Crippen molar-refractivity contribution in [2.24, 2.45) is 0 Å². The largest absolute Gasteiger partial charge is 0.475 e. The van der Waals surface area contributed by atoms with Gasteiger partial charge in [0.1, 0.15) is 35.5 Å². The number of nitrogen functional groups attached to an aromatic ring is 1. The highest BCUT2D eigenvalue weighted by Crippen LogP contribution is 2.58. The first-order valence-electron chi connectivity index (χ1n) is 11.9. The van der Waals surface area contributed by atoms with Crippen LogP contribution in [0.5, 0.6) is 0 Å². The van der Waals surface area contributed by atoms with Crippen molar-refractivity contribution < 1.29 is 36.7 Å². The van der Waals surface area contributed by atoms with E-state index in [1.165, 1.54) is 18.5 Å². The van der Waals surface area contributed by atoms with Crippen LogP contribution >= 0.6 is 7.82 Å². The molecule has 6 atom stereocenters. The van der Waals surface area contributed by atoms with Crippen molar-refractivity contribution in [2.75, 3.05) is 18.9 Å². The van der Waals surface area contributed by atoms with Crippen LogP contribution in [-0.2, 0) is 32.3 Å². The molecule has 2 unspecified atom stereocenters. The predicted octanol–water partition coefficient (Wildman–Crippen LogP) is 3.66. The predicted molar refractivity (Wildman–Crippen MR) is 126 cm³/mol. The van der Waals surface area contributed by atoms with Crippen LogP contribution in [0, 0.1) is 5.82 Å². The smallest absolute Gasteiger partial charge is 0.382 e. The van der Waals surface area contributed by atoms with E-state index in [1.54, 1.807) is 36.9 Å². The highest BCUT2D eigenvalue weighted by Gasteiger charge is 2.64. The Labute approximate surface area is 211 Å². The molecule has 0 bridgehead atoms. The van der Waals surface area contributed by atoms with Gasteiger partial charge in [-0.25, -0.2) is 23.9 Å². The Morgan fingerprint density at radius 2 is 2.11 bits per heavy atom. The molecule has 3 aliphatic rings. The summed E-state index contributed by atoms with van der Waals surface area (Å²) in [6.07, 6.45) is 0.648. The Bertz CT molecular complexity index is 1390. The second-order valence-corrected chi connectivity index (χ2v) is 11.5. The zero-order chi connectivity index (χ0) is 26.0. The van der Waals surface area contributed by atoms with Crippen LogP contribution in [0.2, 0.25) is 0 Å². The number of fused-ring (bicyclic) bond motifs is 2. The molecule has 0 spiro atoms. The minimum absolute atomic E-state index is 0.128. The van der Waals surface area contributed by atoms with Crippen molar-refractivity contribution in [3.8, 4) is 0 Å². The lowest BCUT2D eigenvalue weighted by molar-refractivity contribution is -0.217. The van der Waals surface area contributed by atoms with Crippen molar-refractivity contribution in [3.63, 3.8) is 0 Å². The van der Waals surface area contributed by atoms with Crippen molar-refractivity contribution in [1.82, 2.24) is 19.5 Å². The van der Waals surface area contributed by atoms with Gasteiger partial charge in [-0.2, -0.15) is 0 Å². The van der Waals surface area contributed by atoms with Gasteiger partial charge >= 0.3 is 7.82 Å². The number of imidazole rings is 1. The maximum atomic E-state index is 13.7. The average Bonchev–Trinajstić information content (AvgIpc) is 3.45. The Balaban J connectivity index is 1.24. The molecule has 6 rings (SSSR count). The summed E-state index contributed by atoms with van der Waals surface area (Å²) in [4.78, 5) is 12.6. The number of phosphoric acid groups is 1. The number of aromatic nitrogens is 4. The summed E-state index contributed by atoms with van der Waals surface area (Å²) in [5.41, 5.74) is 6.44. The fraction of sp³-hybridized carbons (Fsp3) is 0.522. The number of ether oxygens (including phenoxy) is 3. The monoisotopic (exact) mass is 535 g/mol. The SMILES string of the molecule is CC1(C)O[C@@H]2[C@@H](COP3(=O)OCCC(c4cccc(F)c4)O3)O[C@@H](n3cnc4c(N)ncnc43)[C@]2(C)O1. The van der Waals surface area contributed by atoms with Crippen LogP contribution in [0.1, 0.15) is 45.1 Å². The van der Waals surface area contributed by atoms with Gasteiger partial charge in [0.05, 0.1) is 25.6 Å². The van der Waals surface area contributed by atoms with E-state index in [4.69, 9.17) is 33.5 Å². The molecule has 0 saturated carbocycles. The molecule has 3 aromatic rings. The summed E-state index contributed by atoms with van der Waals surface area (Å²) >= 11 is 0. The summed E-state index contributed by atoms with van der Waals surface area (Å²) < 4.78 is 64.4. The van der Waals surface area contributed by atoms with Gasteiger partial charge in [0, 0.05) is 6.42 Å². The molecule has 0 amide bonds. The van der Waals surface area contributed by atoms with E-state index in [0.29, 0.717) is 23.1 Å². The highest BCUT2D eigenvalue weighted by molar-refractivity contribution is 7.48. The molecule has 3 fully saturated rings. The van der Waals surface area contributed by atoms with E-state index < -0.39 is 49.6 Å². The minimum Gasteiger partial charge on any atom is -0.382 e. The quantitative estimate of drug-likeness (QED) is 0.478. The Morgan fingerprint density at radius 3 is 2.92 bits per heavy atom. The topological polar surface area (TPSA) is 142 Å². The number of halogens is 1. The van der Waals surface area contributed by atoms with Crippen LogP contribution < -0.4 is 5.73 Å². The molecule has 0 radical (unpaired) electrons. The third kappa shape index (κ3) is 4.34. The van der Waals surface area contributed by atoms with Crippen LogP contribution in [0.25, 0.3) is 11.2 Å². The molecule has 1 aromatic carbocycles. The molecule has 2 aromatic heterocycles. The molecular formula is C23H27FN5O7P. The maximum Gasteiger partial charge on any atom is 0.475 e. The number of rotatable bonds is 5. The van der Waals surface area contributed by atoms with Crippen LogP contribution in [0.15, 0.2) is 36.9 Å². The second kappa shape index (κ2) is 8.77. The van der Waals surface area contributed by atoms with E-state index in [-0.39, 0.29) is 19.0 Å². The molecular weight excluding hydrogens is 508 g/mol. The summed E-state index contributed by atoms with van der Waals surface area (Å²) in [6, 6.07) is 5.95. The van der Waals surface area contributed by atoms with Crippen LogP contribution in [-0.4, -0.2) is 56.3 Å². The first-order valence-corrected chi connectivity index (χ1v) is 13.3. The fourth-order valence-electron chi connectivity index (χ4n) is 5.23.